The van der Waals surface area contributed by atoms with Crippen LogP contribution in [0.25, 0.3) is 71.3 Å². The van der Waals surface area contributed by atoms with Crippen molar-refractivity contribution in [2.75, 3.05) is 4.90 Å². The van der Waals surface area contributed by atoms with E-state index in [-0.39, 0.29) is 0 Å². The van der Waals surface area contributed by atoms with Gasteiger partial charge in [0.05, 0.1) is 11.0 Å². The van der Waals surface area contributed by atoms with Crippen LogP contribution in [0.4, 0.5) is 17.1 Å². The van der Waals surface area contributed by atoms with Crippen LogP contribution in [0.2, 0.25) is 0 Å². The van der Waals surface area contributed by atoms with Crippen LogP contribution in [-0.4, -0.2) is 4.57 Å². The SMILES string of the molecule is c1ccc(-c2ccc(N(c3ccc(-n4c5ccccc5c5ccc6ccccc6c54)cc3)c3ccc4cc(-c5ccccc5)ccc4c3)cc2)cc1. The molecule has 1 aromatic heterocycles. The van der Waals surface area contributed by atoms with Crippen molar-refractivity contribution in [3.63, 3.8) is 0 Å². The topological polar surface area (TPSA) is 8.17 Å². The minimum Gasteiger partial charge on any atom is -0.310 e. The molecule has 0 aliphatic heterocycles. The van der Waals surface area contributed by atoms with Crippen molar-refractivity contribution in [2.24, 2.45) is 0 Å². The largest absolute Gasteiger partial charge is 0.310 e. The predicted molar refractivity (Wildman–Crippen MR) is 221 cm³/mol. The molecule has 0 aliphatic rings. The third kappa shape index (κ3) is 5.12. The maximum Gasteiger partial charge on any atom is 0.0619 e. The molecule has 10 rings (SSSR count). The molecule has 0 bridgehead atoms. The van der Waals surface area contributed by atoms with E-state index in [9.17, 15) is 0 Å². The van der Waals surface area contributed by atoms with Crippen LogP contribution in [0.15, 0.2) is 206 Å². The molecule has 9 aromatic carbocycles. The molecular formula is C50H34N2. The van der Waals surface area contributed by atoms with Gasteiger partial charge in [-0.05, 0) is 99.1 Å². The molecule has 0 saturated carbocycles. The summed E-state index contributed by atoms with van der Waals surface area (Å²) in [5, 5.41) is 7.46. The van der Waals surface area contributed by atoms with Crippen molar-refractivity contribution < 1.29 is 0 Å². The summed E-state index contributed by atoms with van der Waals surface area (Å²) in [6.07, 6.45) is 0. The molecule has 244 valence electrons. The number of nitrogens with zero attached hydrogens (tertiary/aromatic N) is 2. The maximum absolute atomic E-state index is 2.43. The van der Waals surface area contributed by atoms with Gasteiger partial charge < -0.3 is 9.47 Å². The minimum absolute atomic E-state index is 1.10. The summed E-state index contributed by atoms with van der Waals surface area (Å²) in [6, 6.07) is 74.6. The Labute approximate surface area is 303 Å². The number of hydrogen-bond acceptors (Lipinski definition) is 1. The quantitative estimate of drug-likeness (QED) is 0.172. The molecule has 0 aliphatic carbocycles. The summed E-state index contributed by atoms with van der Waals surface area (Å²) in [5.41, 5.74) is 11.8. The van der Waals surface area contributed by atoms with Crippen LogP contribution in [0, 0.1) is 0 Å². The zero-order chi connectivity index (χ0) is 34.4. The first-order valence-corrected chi connectivity index (χ1v) is 17.8. The molecule has 52 heavy (non-hydrogen) atoms. The van der Waals surface area contributed by atoms with E-state index >= 15 is 0 Å². The molecule has 2 nitrogen and oxygen atoms in total. The number of hydrogen-bond donors (Lipinski definition) is 0. The Bertz CT molecular complexity index is 2870. The summed E-state index contributed by atoms with van der Waals surface area (Å²) in [6.45, 7) is 0. The van der Waals surface area contributed by atoms with Crippen LogP contribution in [0.1, 0.15) is 0 Å². The van der Waals surface area contributed by atoms with Gasteiger partial charge in [-0.2, -0.15) is 0 Å². The Balaban J connectivity index is 1.11. The minimum atomic E-state index is 1.10. The first kappa shape index (κ1) is 30.0. The zero-order valence-electron chi connectivity index (χ0n) is 28.5. The van der Waals surface area contributed by atoms with Gasteiger partial charge in [0.25, 0.3) is 0 Å². The van der Waals surface area contributed by atoms with Crippen molar-refractivity contribution >= 4 is 60.4 Å². The fourth-order valence-corrected chi connectivity index (χ4v) is 7.81. The van der Waals surface area contributed by atoms with Crippen molar-refractivity contribution in [3.05, 3.63) is 206 Å². The lowest BCUT2D eigenvalue weighted by Gasteiger charge is -2.26. The van der Waals surface area contributed by atoms with E-state index < -0.39 is 0 Å². The summed E-state index contributed by atoms with van der Waals surface area (Å²) in [5.74, 6) is 0. The van der Waals surface area contributed by atoms with Gasteiger partial charge in [0.15, 0.2) is 0 Å². The van der Waals surface area contributed by atoms with Crippen LogP contribution in [0.3, 0.4) is 0 Å². The molecule has 0 unspecified atom stereocenters. The lowest BCUT2D eigenvalue weighted by atomic mass is 10.0. The van der Waals surface area contributed by atoms with Crippen LogP contribution in [0.5, 0.6) is 0 Å². The molecule has 0 amide bonds. The highest BCUT2D eigenvalue weighted by Crippen LogP contribution is 2.40. The molecule has 0 spiro atoms. The first-order chi connectivity index (χ1) is 25.8. The van der Waals surface area contributed by atoms with Gasteiger partial charge in [0.1, 0.15) is 0 Å². The van der Waals surface area contributed by atoms with E-state index in [0.717, 1.165) is 22.7 Å². The lowest BCUT2D eigenvalue weighted by molar-refractivity contribution is 1.18. The molecule has 0 N–H and O–H groups in total. The highest BCUT2D eigenvalue weighted by Gasteiger charge is 2.17. The zero-order valence-corrected chi connectivity index (χ0v) is 28.5. The third-order valence-corrected chi connectivity index (χ3v) is 10.3. The van der Waals surface area contributed by atoms with Crippen molar-refractivity contribution in [3.8, 4) is 27.9 Å². The Kier molecular flexibility index (Phi) is 7.18. The number of fused-ring (bicyclic) bond motifs is 6. The number of benzene rings is 9. The van der Waals surface area contributed by atoms with Gasteiger partial charge in [0.2, 0.25) is 0 Å². The molecule has 0 saturated heterocycles. The average Bonchev–Trinajstić information content (AvgIpc) is 3.57. The number of para-hydroxylation sites is 1. The molecule has 0 radical (unpaired) electrons. The van der Waals surface area contributed by atoms with Crippen LogP contribution >= 0.6 is 0 Å². The Morgan fingerprint density at radius 2 is 0.827 bits per heavy atom. The van der Waals surface area contributed by atoms with Gasteiger partial charge in [0, 0.05) is 38.9 Å². The van der Waals surface area contributed by atoms with E-state index in [2.05, 4.69) is 216 Å². The number of aromatic nitrogens is 1. The standard InChI is InChI=1S/C50H34N2/c1-3-11-35(12-4-1)37-21-25-42(26-22-37)51(45-27-23-40-33-39(19-20-41(40)34-45)36-13-5-2-6-14-36)43-28-30-44(31-29-43)52-49-18-10-9-17-47(49)48-32-24-38-15-7-8-16-46(38)50(48)52/h1-34H. The Morgan fingerprint density at radius 3 is 1.58 bits per heavy atom. The van der Waals surface area contributed by atoms with Crippen molar-refractivity contribution in [1.29, 1.82) is 0 Å². The highest BCUT2D eigenvalue weighted by atomic mass is 15.1. The van der Waals surface area contributed by atoms with E-state index in [1.54, 1.807) is 0 Å². The van der Waals surface area contributed by atoms with Gasteiger partial charge in [-0.25, -0.2) is 0 Å². The number of rotatable bonds is 6. The monoisotopic (exact) mass is 662 g/mol. The third-order valence-electron chi connectivity index (χ3n) is 10.3. The van der Waals surface area contributed by atoms with Crippen LogP contribution < -0.4 is 4.90 Å². The van der Waals surface area contributed by atoms with Crippen molar-refractivity contribution in [1.82, 2.24) is 4.57 Å². The molecule has 1 heterocycles. The summed E-state index contributed by atoms with van der Waals surface area (Å²) < 4.78 is 2.43. The van der Waals surface area contributed by atoms with Gasteiger partial charge in [-0.1, -0.05) is 146 Å². The molecular weight excluding hydrogens is 629 g/mol. The fraction of sp³-hybridized carbons (Fsp3) is 0. The fourth-order valence-electron chi connectivity index (χ4n) is 7.81. The van der Waals surface area contributed by atoms with Gasteiger partial charge in [-0.3, -0.25) is 0 Å². The maximum atomic E-state index is 2.43. The normalized spacial score (nSPS) is 11.5. The van der Waals surface area contributed by atoms with E-state index in [1.807, 2.05) is 0 Å². The van der Waals surface area contributed by atoms with Crippen molar-refractivity contribution in [2.45, 2.75) is 0 Å². The predicted octanol–water partition coefficient (Wildman–Crippen LogP) is 13.9. The summed E-state index contributed by atoms with van der Waals surface area (Å²) in [7, 11) is 0. The van der Waals surface area contributed by atoms with E-state index in [4.69, 9.17) is 0 Å². The first-order valence-electron chi connectivity index (χ1n) is 17.8. The second-order valence-corrected chi connectivity index (χ2v) is 13.4. The van der Waals surface area contributed by atoms with Crippen LogP contribution in [-0.2, 0) is 0 Å². The molecule has 0 fully saturated rings. The summed E-state index contributed by atoms with van der Waals surface area (Å²) >= 11 is 0. The Morgan fingerprint density at radius 1 is 0.308 bits per heavy atom. The smallest absolute Gasteiger partial charge is 0.0619 e. The number of anilines is 3. The second kappa shape index (κ2) is 12.5. The molecule has 0 atom stereocenters. The highest BCUT2D eigenvalue weighted by molar-refractivity contribution is 6.18. The lowest BCUT2D eigenvalue weighted by Crippen LogP contribution is -2.10. The average molecular weight is 663 g/mol. The Hall–Kier alpha value is -6.90. The molecule has 10 aromatic rings. The molecule has 2 heteroatoms. The van der Waals surface area contributed by atoms with Gasteiger partial charge in [-0.15, -0.1) is 0 Å². The second-order valence-electron chi connectivity index (χ2n) is 13.4. The van der Waals surface area contributed by atoms with E-state index in [1.165, 1.54) is 65.6 Å². The van der Waals surface area contributed by atoms with Gasteiger partial charge >= 0.3 is 0 Å². The summed E-state index contributed by atoms with van der Waals surface area (Å²) in [4.78, 5) is 2.37. The van der Waals surface area contributed by atoms with E-state index in [0.29, 0.717) is 0 Å².